The first-order valence-electron chi connectivity index (χ1n) is 6.06. The van der Waals surface area contributed by atoms with Gasteiger partial charge < -0.3 is 20.8 Å². The van der Waals surface area contributed by atoms with E-state index in [2.05, 4.69) is 10.6 Å². The molecular weight excluding hydrogens is 248 g/mol. The van der Waals surface area contributed by atoms with E-state index < -0.39 is 18.1 Å². The van der Waals surface area contributed by atoms with E-state index in [1.54, 1.807) is 0 Å². The molecule has 102 valence electrons. The number of amides is 1. The van der Waals surface area contributed by atoms with E-state index in [4.69, 9.17) is 10.2 Å². The Morgan fingerprint density at radius 2 is 2.05 bits per heavy atom. The van der Waals surface area contributed by atoms with Crippen molar-refractivity contribution in [2.45, 2.75) is 25.1 Å². The number of fused-ring (bicyclic) bond motifs is 1. The molecule has 6 heteroatoms. The fourth-order valence-corrected chi connectivity index (χ4v) is 2.05. The number of aliphatic hydroxyl groups is 1. The van der Waals surface area contributed by atoms with Crippen LogP contribution in [0.15, 0.2) is 24.3 Å². The molecule has 0 spiro atoms. The molecule has 0 aromatic heterocycles. The molecule has 2 atom stereocenters. The first kappa shape index (κ1) is 13.5. The van der Waals surface area contributed by atoms with Gasteiger partial charge in [-0.25, -0.2) is 4.79 Å². The minimum absolute atomic E-state index is 0.284. The fourth-order valence-electron chi connectivity index (χ4n) is 2.05. The summed E-state index contributed by atoms with van der Waals surface area (Å²) < 4.78 is 0. The summed E-state index contributed by atoms with van der Waals surface area (Å²) in [7, 11) is 0. The molecule has 0 fully saturated rings. The number of nitrogens with one attached hydrogen (secondary N) is 2. The van der Waals surface area contributed by atoms with Crippen molar-refractivity contribution in [2.24, 2.45) is 0 Å². The molecule has 1 aliphatic heterocycles. The highest BCUT2D eigenvalue weighted by atomic mass is 16.4. The SMILES string of the molecule is O=C(O)C(O)CNC(=O)C1Cc2ccccc2CN1. The maximum atomic E-state index is 11.9. The number of aliphatic hydroxyl groups excluding tert-OH is 1. The lowest BCUT2D eigenvalue weighted by atomic mass is 9.95. The maximum Gasteiger partial charge on any atom is 0.334 e. The van der Waals surface area contributed by atoms with Crippen molar-refractivity contribution in [1.82, 2.24) is 10.6 Å². The quantitative estimate of drug-likeness (QED) is 0.574. The molecular formula is C13H16N2O4. The van der Waals surface area contributed by atoms with E-state index >= 15 is 0 Å². The van der Waals surface area contributed by atoms with Gasteiger partial charge in [0, 0.05) is 6.54 Å². The molecule has 1 amide bonds. The number of carboxylic acids is 1. The predicted octanol–water partition coefficient (Wildman–Crippen LogP) is -0.737. The number of hydrogen-bond donors (Lipinski definition) is 4. The number of aliphatic carboxylic acids is 1. The second-order valence-corrected chi connectivity index (χ2v) is 4.51. The molecule has 2 unspecified atom stereocenters. The van der Waals surface area contributed by atoms with Gasteiger partial charge in [-0.1, -0.05) is 24.3 Å². The highest BCUT2D eigenvalue weighted by molar-refractivity contribution is 5.83. The Kier molecular flexibility index (Phi) is 4.13. The molecule has 1 aromatic rings. The van der Waals surface area contributed by atoms with Gasteiger partial charge in [0.1, 0.15) is 0 Å². The minimum Gasteiger partial charge on any atom is -0.479 e. The zero-order valence-corrected chi connectivity index (χ0v) is 10.3. The predicted molar refractivity (Wildman–Crippen MR) is 67.4 cm³/mol. The summed E-state index contributed by atoms with van der Waals surface area (Å²) in [5.74, 6) is -1.64. The molecule has 1 aliphatic rings. The van der Waals surface area contributed by atoms with Gasteiger partial charge in [-0.15, -0.1) is 0 Å². The standard InChI is InChI=1S/C13H16N2O4/c16-11(13(18)19)7-15-12(17)10-5-8-3-1-2-4-9(8)6-14-10/h1-4,10-11,14,16H,5-7H2,(H,15,17)(H,18,19). The summed E-state index contributed by atoms with van der Waals surface area (Å²) in [6.45, 7) is 0.323. The van der Waals surface area contributed by atoms with Gasteiger partial charge in [0.25, 0.3) is 0 Å². The van der Waals surface area contributed by atoms with E-state index in [1.165, 1.54) is 0 Å². The summed E-state index contributed by atoms with van der Waals surface area (Å²) in [5, 5.41) is 23.1. The summed E-state index contributed by atoms with van der Waals surface area (Å²) in [5.41, 5.74) is 2.28. The fraction of sp³-hybridized carbons (Fsp3) is 0.385. The van der Waals surface area contributed by atoms with Crippen LogP contribution >= 0.6 is 0 Å². The number of hydrogen-bond acceptors (Lipinski definition) is 4. The van der Waals surface area contributed by atoms with E-state index in [9.17, 15) is 9.59 Å². The molecule has 1 aromatic carbocycles. The highest BCUT2D eigenvalue weighted by Crippen LogP contribution is 2.16. The van der Waals surface area contributed by atoms with Crippen molar-refractivity contribution in [3.05, 3.63) is 35.4 Å². The summed E-state index contributed by atoms with van der Waals surface area (Å²) >= 11 is 0. The van der Waals surface area contributed by atoms with Crippen LogP contribution in [-0.4, -0.2) is 40.8 Å². The van der Waals surface area contributed by atoms with Crippen LogP contribution in [0, 0.1) is 0 Å². The van der Waals surface area contributed by atoms with Crippen molar-refractivity contribution in [3.63, 3.8) is 0 Å². The second-order valence-electron chi connectivity index (χ2n) is 4.51. The van der Waals surface area contributed by atoms with Crippen molar-refractivity contribution >= 4 is 11.9 Å². The number of benzene rings is 1. The molecule has 1 heterocycles. The normalized spacial score (nSPS) is 19.3. The van der Waals surface area contributed by atoms with E-state index in [-0.39, 0.29) is 12.5 Å². The third-order valence-electron chi connectivity index (χ3n) is 3.15. The lowest BCUT2D eigenvalue weighted by molar-refractivity contribution is -0.146. The average molecular weight is 264 g/mol. The average Bonchev–Trinajstić information content (AvgIpc) is 2.43. The highest BCUT2D eigenvalue weighted by Gasteiger charge is 2.24. The van der Waals surface area contributed by atoms with Crippen LogP contribution in [0.2, 0.25) is 0 Å². The third kappa shape index (κ3) is 3.30. The number of carbonyl (C=O) groups excluding carboxylic acids is 1. The number of carboxylic acid groups (broad SMARTS) is 1. The lowest BCUT2D eigenvalue weighted by Gasteiger charge is -2.25. The van der Waals surface area contributed by atoms with Gasteiger partial charge in [-0.05, 0) is 17.5 Å². The number of carbonyl (C=O) groups is 2. The van der Waals surface area contributed by atoms with E-state index in [1.807, 2.05) is 24.3 Å². The Bertz CT molecular complexity index is 489. The first-order chi connectivity index (χ1) is 9.08. The molecule has 4 N–H and O–H groups in total. The van der Waals surface area contributed by atoms with Crippen molar-refractivity contribution in [3.8, 4) is 0 Å². The van der Waals surface area contributed by atoms with Crippen LogP contribution in [0.1, 0.15) is 11.1 Å². The Morgan fingerprint density at radius 3 is 2.74 bits per heavy atom. The molecule has 6 nitrogen and oxygen atoms in total. The largest absolute Gasteiger partial charge is 0.479 e. The summed E-state index contributed by atoms with van der Waals surface area (Å²) in [6.07, 6.45) is -1.01. The van der Waals surface area contributed by atoms with Gasteiger partial charge in [-0.2, -0.15) is 0 Å². The van der Waals surface area contributed by atoms with Crippen molar-refractivity contribution in [2.75, 3.05) is 6.54 Å². The Hall–Kier alpha value is -1.92. The lowest BCUT2D eigenvalue weighted by Crippen LogP contribution is -2.49. The van der Waals surface area contributed by atoms with Gasteiger partial charge in [0.2, 0.25) is 5.91 Å². The van der Waals surface area contributed by atoms with Crippen LogP contribution in [0.3, 0.4) is 0 Å². The van der Waals surface area contributed by atoms with Crippen LogP contribution in [0.25, 0.3) is 0 Å². The Balaban J connectivity index is 1.90. The smallest absolute Gasteiger partial charge is 0.334 e. The van der Waals surface area contributed by atoms with E-state index in [0.29, 0.717) is 13.0 Å². The Labute approximate surface area is 110 Å². The molecule has 0 bridgehead atoms. The topological polar surface area (TPSA) is 98.7 Å². The maximum absolute atomic E-state index is 11.9. The molecule has 0 saturated heterocycles. The first-order valence-corrected chi connectivity index (χ1v) is 6.06. The zero-order chi connectivity index (χ0) is 13.8. The van der Waals surface area contributed by atoms with Crippen molar-refractivity contribution < 1.29 is 19.8 Å². The summed E-state index contributed by atoms with van der Waals surface area (Å²) in [6, 6.07) is 7.46. The van der Waals surface area contributed by atoms with Gasteiger partial charge in [0.05, 0.1) is 12.6 Å². The van der Waals surface area contributed by atoms with Crippen LogP contribution < -0.4 is 10.6 Å². The van der Waals surface area contributed by atoms with Crippen LogP contribution in [0.4, 0.5) is 0 Å². The van der Waals surface area contributed by atoms with Crippen molar-refractivity contribution in [1.29, 1.82) is 0 Å². The third-order valence-corrected chi connectivity index (χ3v) is 3.15. The van der Waals surface area contributed by atoms with Crippen LogP contribution in [-0.2, 0) is 22.6 Å². The Morgan fingerprint density at radius 1 is 1.37 bits per heavy atom. The van der Waals surface area contributed by atoms with Gasteiger partial charge >= 0.3 is 5.97 Å². The molecule has 0 saturated carbocycles. The van der Waals surface area contributed by atoms with Gasteiger partial charge in [-0.3, -0.25) is 4.79 Å². The monoisotopic (exact) mass is 264 g/mol. The molecule has 19 heavy (non-hydrogen) atoms. The van der Waals surface area contributed by atoms with Crippen LogP contribution in [0.5, 0.6) is 0 Å². The molecule has 0 radical (unpaired) electrons. The van der Waals surface area contributed by atoms with Gasteiger partial charge in [0.15, 0.2) is 6.10 Å². The molecule has 0 aliphatic carbocycles. The number of rotatable bonds is 4. The molecule has 2 rings (SSSR count). The second kappa shape index (κ2) is 5.81. The van der Waals surface area contributed by atoms with E-state index in [0.717, 1.165) is 11.1 Å². The zero-order valence-electron chi connectivity index (χ0n) is 10.3. The summed E-state index contributed by atoms with van der Waals surface area (Å²) in [4.78, 5) is 22.3. The minimum atomic E-state index is -1.57.